The fraction of sp³-hybridized carbons (Fsp3) is 0.444. The number of rotatable bonds is 11. The summed E-state index contributed by atoms with van der Waals surface area (Å²) >= 11 is 0. The molecule has 0 fully saturated rings. The molecule has 0 bridgehead atoms. The number of benzene rings is 2. The van der Waals surface area contributed by atoms with Gasteiger partial charge in [-0.2, -0.15) is 0 Å². The number of aliphatic carboxylic acids is 1. The summed E-state index contributed by atoms with van der Waals surface area (Å²) < 4.78 is 5.55. The second-order valence-electron chi connectivity index (χ2n) is 8.98. The third-order valence-electron chi connectivity index (χ3n) is 6.44. The van der Waals surface area contributed by atoms with Crippen molar-refractivity contribution in [3.05, 3.63) is 59.7 Å². The number of carbonyl (C=O) groups is 3. The van der Waals surface area contributed by atoms with Crippen molar-refractivity contribution < 1.29 is 24.2 Å². The summed E-state index contributed by atoms with van der Waals surface area (Å²) in [5.41, 5.74) is 4.70. The van der Waals surface area contributed by atoms with Crippen LogP contribution in [0.15, 0.2) is 48.5 Å². The second-order valence-corrected chi connectivity index (χ2v) is 8.98. The first kappa shape index (κ1) is 25.3. The molecule has 2 unspecified atom stereocenters. The molecule has 2 aromatic rings. The van der Waals surface area contributed by atoms with E-state index in [0.29, 0.717) is 25.9 Å². The van der Waals surface area contributed by atoms with Gasteiger partial charge in [0, 0.05) is 31.5 Å². The fourth-order valence-electron chi connectivity index (χ4n) is 4.68. The van der Waals surface area contributed by atoms with E-state index in [1.807, 2.05) is 38.1 Å². The molecule has 0 saturated heterocycles. The minimum atomic E-state index is -0.918. The Bertz CT molecular complexity index is 976. The van der Waals surface area contributed by atoms with E-state index in [1.54, 1.807) is 11.8 Å². The number of fused-ring (bicyclic) bond motifs is 3. The van der Waals surface area contributed by atoms with Gasteiger partial charge in [0.15, 0.2) is 0 Å². The number of hydrogen-bond donors (Lipinski definition) is 2. The van der Waals surface area contributed by atoms with Crippen LogP contribution in [0.2, 0.25) is 0 Å². The number of nitrogens with one attached hydrogen (secondary N) is 1. The van der Waals surface area contributed by atoms with Gasteiger partial charge < -0.3 is 20.1 Å². The quantitative estimate of drug-likeness (QED) is 0.502. The summed E-state index contributed by atoms with van der Waals surface area (Å²) in [6.45, 7) is 6.69. The van der Waals surface area contributed by atoms with Gasteiger partial charge in [-0.25, -0.2) is 4.79 Å². The van der Waals surface area contributed by atoms with Gasteiger partial charge in [0.1, 0.15) is 6.61 Å². The van der Waals surface area contributed by atoms with Crippen LogP contribution in [0.25, 0.3) is 11.1 Å². The molecule has 7 heteroatoms. The van der Waals surface area contributed by atoms with E-state index in [1.165, 1.54) is 22.3 Å². The SMILES string of the molecule is CCN(C(=O)CC(C)CCNC(=O)OCC1c2ccccc2-c2ccccc21)C(C)CC(=O)O. The summed E-state index contributed by atoms with van der Waals surface area (Å²) in [6.07, 6.45) is 0.396. The zero-order valence-corrected chi connectivity index (χ0v) is 20.1. The lowest BCUT2D eigenvalue weighted by atomic mass is 9.98. The van der Waals surface area contributed by atoms with Crippen molar-refractivity contribution >= 4 is 18.0 Å². The molecule has 1 aliphatic carbocycles. The van der Waals surface area contributed by atoms with Crippen molar-refractivity contribution in [2.75, 3.05) is 19.7 Å². The summed E-state index contributed by atoms with van der Waals surface area (Å²) in [6, 6.07) is 16.0. The Balaban J connectivity index is 1.44. The number of carboxylic acid groups (broad SMARTS) is 1. The molecule has 0 aromatic heterocycles. The monoisotopic (exact) mass is 466 g/mol. The molecule has 2 amide bonds. The van der Waals surface area contributed by atoms with Gasteiger partial charge in [0.05, 0.1) is 6.42 Å². The molecule has 2 N–H and O–H groups in total. The Hall–Kier alpha value is -3.35. The maximum Gasteiger partial charge on any atom is 0.407 e. The molecule has 0 radical (unpaired) electrons. The molecule has 1 aliphatic rings. The molecular formula is C27H34N2O5. The van der Waals surface area contributed by atoms with Crippen LogP contribution in [0.3, 0.4) is 0 Å². The molecule has 0 saturated carbocycles. The lowest BCUT2D eigenvalue weighted by molar-refractivity contribution is -0.140. The van der Waals surface area contributed by atoms with Gasteiger partial charge in [-0.3, -0.25) is 9.59 Å². The standard InChI is InChI=1S/C27H34N2O5/c1-4-29(19(3)16-26(31)32)25(30)15-18(2)13-14-28-27(33)34-17-24-22-11-7-5-9-20(22)21-10-6-8-12-23(21)24/h5-12,18-19,24H,4,13-17H2,1-3H3,(H,28,33)(H,31,32). The van der Waals surface area contributed by atoms with E-state index in [4.69, 9.17) is 9.84 Å². The summed E-state index contributed by atoms with van der Waals surface area (Å²) in [5.74, 6) is -0.918. The Morgan fingerprint density at radius 1 is 1.00 bits per heavy atom. The highest BCUT2D eigenvalue weighted by atomic mass is 16.5. The van der Waals surface area contributed by atoms with E-state index in [0.717, 1.165) is 0 Å². The molecule has 0 heterocycles. The Morgan fingerprint density at radius 2 is 1.59 bits per heavy atom. The highest BCUT2D eigenvalue weighted by molar-refractivity contribution is 5.79. The van der Waals surface area contributed by atoms with E-state index >= 15 is 0 Å². The Morgan fingerprint density at radius 3 is 2.15 bits per heavy atom. The molecule has 34 heavy (non-hydrogen) atoms. The van der Waals surface area contributed by atoms with Crippen molar-refractivity contribution in [2.24, 2.45) is 5.92 Å². The van der Waals surface area contributed by atoms with Crippen molar-refractivity contribution in [3.8, 4) is 11.1 Å². The van der Waals surface area contributed by atoms with E-state index in [2.05, 4.69) is 29.6 Å². The van der Waals surface area contributed by atoms with Crippen LogP contribution in [0.4, 0.5) is 4.79 Å². The topological polar surface area (TPSA) is 95.9 Å². The molecule has 0 spiro atoms. The first-order valence-corrected chi connectivity index (χ1v) is 11.9. The van der Waals surface area contributed by atoms with Gasteiger partial charge in [-0.1, -0.05) is 55.5 Å². The van der Waals surface area contributed by atoms with Crippen molar-refractivity contribution in [3.63, 3.8) is 0 Å². The molecule has 3 rings (SSSR count). The van der Waals surface area contributed by atoms with Gasteiger partial charge in [-0.15, -0.1) is 0 Å². The van der Waals surface area contributed by atoms with Crippen LogP contribution in [0.5, 0.6) is 0 Å². The second kappa shape index (κ2) is 11.7. The Kier molecular flexibility index (Phi) is 8.68. The van der Waals surface area contributed by atoms with E-state index < -0.39 is 12.1 Å². The Labute approximate surface area is 201 Å². The zero-order chi connectivity index (χ0) is 24.7. The number of hydrogen-bond acceptors (Lipinski definition) is 4. The third-order valence-corrected chi connectivity index (χ3v) is 6.44. The molecule has 2 atom stereocenters. The lowest BCUT2D eigenvalue weighted by Crippen LogP contribution is -2.40. The minimum Gasteiger partial charge on any atom is -0.481 e. The summed E-state index contributed by atoms with van der Waals surface area (Å²) in [7, 11) is 0. The third kappa shape index (κ3) is 6.16. The highest BCUT2D eigenvalue weighted by Gasteiger charge is 2.29. The number of ether oxygens (including phenoxy) is 1. The molecular weight excluding hydrogens is 432 g/mol. The van der Waals surface area contributed by atoms with E-state index in [9.17, 15) is 14.4 Å². The largest absolute Gasteiger partial charge is 0.481 e. The number of nitrogens with zero attached hydrogens (tertiary/aromatic N) is 1. The van der Waals surface area contributed by atoms with Gasteiger partial charge in [-0.05, 0) is 48.4 Å². The molecule has 7 nitrogen and oxygen atoms in total. The minimum absolute atomic E-state index is 0.0162. The van der Waals surface area contributed by atoms with Crippen LogP contribution < -0.4 is 5.32 Å². The zero-order valence-electron chi connectivity index (χ0n) is 20.1. The number of alkyl carbamates (subject to hydrolysis) is 1. The van der Waals surface area contributed by atoms with Crippen molar-refractivity contribution in [1.29, 1.82) is 0 Å². The van der Waals surface area contributed by atoms with Crippen molar-refractivity contribution in [2.45, 2.75) is 52.0 Å². The van der Waals surface area contributed by atoms with E-state index in [-0.39, 0.29) is 36.8 Å². The van der Waals surface area contributed by atoms with Gasteiger partial charge >= 0.3 is 12.1 Å². The van der Waals surface area contributed by atoms with Gasteiger partial charge in [0.2, 0.25) is 5.91 Å². The summed E-state index contributed by atoms with van der Waals surface area (Å²) in [5, 5.41) is 11.8. The lowest BCUT2D eigenvalue weighted by Gasteiger charge is -2.28. The first-order valence-electron chi connectivity index (χ1n) is 11.9. The first-order chi connectivity index (χ1) is 16.3. The van der Waals surface area contributed by atoms with Gasteiger partial charge in [0.25, 0.3) is 0 Å². The molecule has 182 valence electrons. The average molecular weight is 467 g/mol. The summed E-state index contributed by atoms with van der Waals surface area (Å²) in [4.78, 5) is 37.4. The normalized spacial score (nSPS) is 14.0. The molecule has 2 aromatic carbocycles. The van der Waals surface area contributed by atoms with Crippen molar-refractivity contribution in [1.82, 2.24) is 10.2 Å². The number of carbonyl (C=O) groups excluding carboxylic acids is 2. The number of carboxylic acids is 1. The van der Waals surface area contributed by atoms with Crippen LogP contribution in [0.1, 0.15) is 57.1 Å². The smallest absolute Gasteiger partial charge is 0.407 e. The van der Waals surface area contributed by atoms with Crippen LogP contribution in [-0.2, 0) is 14.3 Å². The van der Waals surface area contributed by atoms with Crippen LogP contribution >= 0.6 is 0 Å². The predicted octanol–water partition coefficient (Wildman–Crippen LogP) is 4.65. The molecule has 0 aliphatic heterocycles. The fourth-order valence-corrected chi connectivity index (χ4v) is 4.68. The predicted molar refractivity (Wildman–Crippen MR) is 131 cm³/mol. The maximum absolute atomic E-state index is 12.6. The highest BCUT2D eigenvalue weighted by Crippen LogP contribution is 2.44. The average Bonchev–Trinajstić information content (AvgIpc) is 3.11. The maximum atomic E-state index is 12.6. The van der Waals surface area contributed by atoms with Crippen LogP contribution in [0, 0.1) is 5.92 Å². The number of amides is 2. The van der Waals surface area contributed by atoms with Crippen LogP contribution in [-0.4, -0.2) is 53.7 Å².